The number of para-hydroxylation sites is 2. The van der Waals surface area contributed by atoms with Crippen molar-refractivity contribution in [1.29, 1.82) is 0 Å². The standard InChI is InChI=1S/C27H32N2O4S/c1-4-22-10-9-11-23(5-2)26(22)29(34(3,31)32)20-21-14-16-24(17-15-21)27(30)28-18-19-33-25-12-7-6-8-13-25/h6-17H,4-5,18-20H2,1-3H3,(H,28,30). The molecule has 1 amide bonds. The third-order valence-corrected chi connectivity index (χ3v) is 6.67. The fraction of sp³-hybridized carbons (Fsp3) is 0.296. The average molecular weight is 481 g/mol. The van der Waals surface area contributed by atoms with Crippen molar-refractivity contribution in [3.05, 3.63) is 95.1 Å². The molecule has 1 N–H and O–H groups in total. The number of carbonyl (C=O) groups excluding carboxylic acids is 1. The smallest absolute Gasteiger partial charge is 0.251 e. The monoisotopic (exact) mass is 480 g/mol. The summed E-state index contributed by atoms with van der Waals surface area (Å²) in [5, 5.41) is 2.84. The Balaban J connectivity index is 1.68. The maximum atomic E-state index is 12.7. The Kier molecular flexibility index (Phi) is 8.71. The van der Waals surface area contributed by atoms with Crippen LogP contribution < -0.4 is 14.4 Å². The molecule has 0 radical (unpaired) electrons. The number of ether oxygens (including phenoxy) is 1. The summed E-state index contributed by atoms with van der Waals surface area (Å²) in [6.07, 6.45) is 2.71. The first-order valence-electron chi connectivity index (χ1n) is 11.5. The molecule has 0 aliphatic rings. The normalized spacial score (nSPS) is 11.1. The van der Waals surface area contributed by atoms with Gasteiger partial charge in [0.1, 0.15) is 12.4 Å². The van der Waals surface area contributed by atoms with E-state index in [1.165, 1.54) is 10.6 Å². The van der Waals surface area contributed by atoms with Crippen molar-refractivity contribution in [2.45, 2.75) is 33.2 Å². The third kappa shape index (κ3) is 6.60. The van der Waals surface area contributed by atoms with Crippen LogP contribution in [0.5, 0.6) is 5.75 Å². The maximum absolute atomic E-state index is 12.7. The second-order valence-electron chi connectivity index (χ2n) is 8.02. The van der Waals surface area contributed by atoms with Gasteiger partial charge in [-0.05, 0) is 53.8 Å². The van der Waals surface area contributed by atoms with Gasteiger partial charge in [-0.3, -0.25) is 9.10 Å². The molecular weight excluding hydrogens is 448 g/mol. The molecule has 0 spiro atoms. The lowest BCUT2D eigenvalue weighted by molar-refractivity contribution is 0.0947. The number of amides is 1. The molecule has 34 heavy (non-hydrogen) atoms. The van der Waals surface area contributed by atoms with Crippen molar-refractivity contribution in [2.75, 3.05) is 23.7 Å². The summed E-state index contributed by atoms with van der Waals surface area (Å²) < 4.78 is 32.6. The quantitative estimate of drug-likeness (QED) is 0.408. The zero-order chi connectivity index (χ0) is 24.6. The zero-order valence-electron chi connectivity index (χ0n) is 20.0. The molecule has 6 nitrogen and oxygen atoms in total. The van der Waals surface area contributed by atoms with E-state index in [-0.39, 0.29) is 12.5 Å². The Morgan fingerprint density at radius 1 is 0.882 bits per heavy atom. The third-order valence-electron chi connectivity index (χ3n) is 5.56. The van der Waals surface area contributed by atoms with Crippen LogP contribution in [0.15, 0.2) is 72.8 Å². The number of rotatable bonds is 11. The first-order valence-corrected chi connectivity index (χ1v) is 13.3. The van der Waals surface area contributed by atoms with E-state index < -0.39 is 10.0 Å². The van der Waals surface area contributed by atoms with Gasteiger partial charge in [0.25, 0.3) is 5.91 Å². The number of nitrogens with zero attached hydrogens (tertiary/aromatic N) is 1. The summed E-state index contributed by atoms with van der Waals surface area (Å²) in [7, 11) is -3.51. The summed E-state index contributed by atoms with van der Waals surface area (Å²) in [6, 6.07) is 22.4. The molecule has 3 aromatic rings. The number of aryl methyl sites for hydroxylation is 2. The zero-order valence-corrected chi connectivity index (χ0v) is 20.8. The van der Waals surface area contributed by atoms with Crippen molar-refractivity contribution < 1.29 is 17.9 Å². The van der Waals surface area contributed by atoms with Gasteiger partial charge in [0.2, 0.25) is 10.0 Å². The second kappa shape index (κ2) is 11.7. The Labute approximate surface area is 202 Å². The Bertz CT molecular complexity index is 1170. The second-order valence-corrected chi connectivity index (χ2v) is 9.92. The number of hydrogen-bond donors (Lipinski definition) is 1. The molecular formula is C27H32N2O4S. The molecule has 3 aromatic carbocycles. The number of anilines is 1. The summed E-state index contributed by atoms with van der Waals surface area (Å²) in [4.78, 5) is 12.5. The van der Waals surface area contributed by atoms with Crippen LogP contribution in [-0.2, 0) is 29.4 Å². The van der Waals surface area contributed by atoms with Crippen molar-refractivity contribution in [2.24, 2.45) is 0 Å². The Morgan fingerprint density at radius 2 is 1.50 bits per heavy atom. The molecule has 0 aliphatic heterocycles. The van der Waals surface area contributed by atoms with Crippen LogP contribution in [0, 0.1) is 0 Å². The van der Waals surface area contributed by atoms with Crippen LogP contribution in [0.25, 0.3) is 0 Å². The molecule has 0 bridgehead atoms. The highest BCUT2D eigenvalue weighted by molar-refractivity contribution is 7.92. The molecule has 7 heteroatoms. The average Bonchev–Trinajstić information content (AvgIpc) is 2.85. The van der Waals surface area contributed by atoms with Gasteiger partial charge in [-0.25, -0.2) is 8.42 Å². The predicted molar refractivity (Wildman–Crippen MR) is 137 cm³/mol. The molecule has 0 fully saturated rings. The number of nitrogens with one attached hydrogen (secondary N) is 1. The number of sulfonamides is 1. The van der Waals surface area contributed by atoms with E-state index in [4.69, 9.17) is 4.74 Å². The topological polar surface area (TPSA) is 75.7 Å². The highest BCUT2D eigenvalue weighted by atomic mass is 32.2. The fourth-order valence-corrected chi connectivity index (χ4v) is 4.73. The number of hydrogen-bond acceptors (Lipinski definition) is 4. The predicted octanol–water partition coefficient (Wildman–Crippen LogP) is 4.59. The van der Waals surface area contributed by atoms with E-state index in [1.807, 2.05) is 62.4 Å². The molecule has 0 atom stereocenters. The van der Waals surface area contributed by atoms with Gasteiger partial charge in [-0.1, -0.05) is 62.4 Å². The van der Waals surface area contributed by atoms with Crippen molar-refractivity contribution in [3.63, 3.8) is 0 Å². The van der Waals surface area contributed by atoms with E-state index in [0.717, 1.165) is 41.0 Å². The van der Waals surface area contributed by atoms with Gasteiger partial charge in [-0.15, -0.1) is 0 Å². The van der Waals surface area contributed by atoms with Gasteiger partial charge < -0.3 is 10.1 Å². The molecule has 0 saturated heterocycles. The Hall–Kier alpha value is -3.32. The highest BCUT2D eigenvalue weighted by Gasteiger charge is 2.23. The molecule has 0 unspecified atom stereocenters. The van der Waals surface area contributed by atoms with E-state index in [9.17, 15) is 13.2 Å². The molecule has 3 rings (SSSR count). The van der Waals surface area contributed by atoms with Crippen LogP contribution in [0.4, 0.5) is 5.69 Å². The minimum Gasteiger partial charge on any atom is -0.492 e. The van der Waals surface area contributed by atoms with Crippen molar-refractivity contribution in [3.8, 4) is 5.75 Å². The summed E-state index contributed by atoms with van der Waals surface area (Å²) >= 11 is 0. The molecule has 0 aliphatic carbocycles. The lowest BCUT2D eigenvalue weighted by atomic mass is 10.0. The lowest BCUT2D eigenvalue weighted by Gasteiger charge is -2.27. The summed E-state index contributed by atoms with van der Waals surface area (Å²) in [6.45, 7) is 5.00. The largest absolute Gasteiger partial charge is 0.492 e. The fourth-order valence-electron chi connectivity index (χ4n) is 3.78. The number of benzene rings is 3. The lowest BCUT2D eigenvalue weighted by Crippen LogP contribution is -2.31. The van der Waals surface area contributed by atoms with Gasteiger partial charge in [0.05, 0.1) is 25.0 Å². The van der Waals surface area contributed by atoms with Crippen LogP contribution in [-0.4, -0.2) is 33.7 Å². The number of carbonyl (C=O) groups is 1. The molecule has 0 aromatic heterocycles. The minimum atomic E-state index is -3.51. The maximum Gasteiger partial charge on any atom is 0.251 e. The van der Waals surface area contributed by atoms with Gasteiger partial charge in [0.15, 0.2) is 0 Å². The van der Waals surface area contributed by atoms with E-state index in [0.29, 0.717) is 18.7 Å². The first-order chi connectivity index (χ1) is 16.3. The van der Waals surface area contributed by atoms with E-state index in [2.05, 4.69) is 5.32 Å². The molecule has 0 heterocycles. The SMILES string of the molecule is CCc1cccc(CC)c1N(Cc1ccc(C(=O)NCCOc2ccccc2)cc1)S(C)(=O)=O. The van der Waals surface area contributed by atoms with Crippen LogP contribution in [0.2, 0.25) is 0 Å². The van der Waals surface area contributed by atoms with Crippen LogP contribution in [0.1, 0.15) is 40.9 Å². The van der Waals surface area contributed by atoms with Crippen molar-refractivity contribution in [1.82, 2.24) is 5.32 Å². The minimum absolute atomic E-state index is 0.201. The molecule has 0 saturated carbocycles. The van der Waals surface area contributed by atoms with Crippen molar-refractivity contribution >= 4 is 21.6 Å². The van der Waals surface area contributed by atoms with Gasteiger partial charge >= 0.3 is 0 Å². The van der Waals surface area contributed by atoms with Gasteiger partial charge in [-0.2, -0.15) is 0 Å². The van der Waals surface area contributed by atoms with E-state index in [1.54, 1.807) is 24.3 Å². The summed E-state index contributed by atoms with van der Waals surface area (Å²) in [5.41, 5.74) is 4.08. The van der Waals surface area contributed by atoms with E-state index >= 15 is 0 Å². The highest BCUT2D eigenvalue weighted by Crippen LogP contribution is 2.30. The van der Waals surface area contributed by atoms with Gasteiger partial charge in [0, 0.05) is 5.56 Å². The first kappa shape index (κ1) is 25.3. The van der Waals surface area contributed by atoms with Crippen LogP contribution >= 0.6 is 0 Å². The molecule has 180 valence electrons. The summed E-state index contributed by atoms with van der Waals surface area (Å²) in [5.74, 6) is 0.556. The van der Waals surface area contributed by atoms with Crippen LogP contribution in [0.3, 0.4) is 0 Å². The Morgan fingerprint density at radius 3 is 2.06 bits per heavy atom.